The minimum absolute atomic E-state index is 0.168. The van der Waals surface area contributed by atoms with Gasteiger partial charge in [-0.3, -0.25) is 0 Å². The van der Waals surface area contributed by atoms with Crippen LogP contribution in [0.25, 0.3) is 0 Å². The third-order valence-corrected chi connectivity index (χ3v) is 3.16. The molecule has 0 spiro atoms. The third-order valence-electron chi connectivity index (χ3n) is 2.61. The molecule has 0 heterocycles. The zero-order valence-corrected chi connectivity index (χ0v) is 11.3. The van der Waals surface area contributed by atoms with E-state index in [0.29, 0.717) is 33.4 Å². The average molecular weight is 293 g/mol. The van der Waals surface area contributed by atoms with Crippen LogP contribution in [0.4, 0.5) is 5.69 Å². The summed E-state index contributed by atoms with van der Waals surface area (Å²) in [5, 5.41) is 22.5. The highest BCUT2D eigenvalue weighted by atomic mass is 35.5. The van der Waals surface area contributed by atoms with Crippen molar-refractivity contribution < 1.29 is 5.11 Å². The second-order valence-electron chi connectivity index (χ2n) is 3.93. The van der Waals surface area contributed by atoms with Crippen LogP contribution < -0.4 is 5.32 Å². The predicted molar refractivity (Wildman–Crippen MR) is 76.6 cm³/mol. The van der Waals surface area contributed by atoms with Crippen molar-refractivity contribution in [3.8, 4) is 11.8 Å². The van der Waals surface area contributed by atoms with Crippen LogP contribution in [0.1, 0.15) is 11.1 Å². The molecule has 0 bridgehead atoms. The molecule has 3 nitrogen and oxygen atoms in total. The van der Waals surface area contributed by atoms with Gasteiger partial charge in [0.2, 0.25) is 0 Å². The van der Waals surface area contributed by atoms with E-state index in [4.69, 9.17) is 28.5 Å². The Bertz CT molecular complexity index is 650. The maximum atomic E-state index is 9.69. The lowest BCUT2D eigenvalue weighted by atomic mass is 10.2. The molecule has 0 aromatic heterocycles. The van der Waals surface area contributed by atoms with Gasteiger partial charge in [0.1, 0.15) is 5.75 Å². The number of aromatic hydroxyl groups is 1. The first-order valence-corrected chi connectivity index (χ1v) is 6.26. The van der Waals surface area contributed by atoms with Gasteiger partial charge in [-0.05, 0) is 36.4 Å². The summed E-state index contributed by atoms with van der Waals surface area (Å²) in [6, 6.07) is 11.8. The summed E-state index contributed by atoms with van der Waals surface area (Å²) in [5.74, 6) is 0.168. The van der Waals surface area contributed by atoms with E-state index in [1.54, 1.807) is 36.4 Å². The quantitative estimate of drug-likeness (QED) is 0.892. The monoisotopic (exact) mass is 292 g/mol. The lowest BCUT2D eigenvalue weighted by molar-refractivity contribution is 0.469. The van der Waals surface area contributed by atoms with Crippen LogP contribution >= 0.6 is 23.2 Å². The molecular weight excluding hydrogens is 283 g/mol. The Kier molecular flexibility index (Phi) is 4.16. The molecule has 96 valence electrons. The molecular formula is C14H10Cl2N2O. The summed E-state index contributed by atoms with van der Waals surface area (Å²) in [6.07, 6.45) is 0. The van der Waals surface area contributed by atoms with Crippen molar-refractivity contribution in [1.29, 1.82) is 5.26 Å². The summed E-state index contributed by atoms with van der Waals surface area (Å²) < 4.78 is 0. The maximum Gasteiger partial charge on any atom is 0.120 e. The summed E-state index contributed by atoms with van der Waals surface area (Å²) >= 11 is 11.9. The highest BCUT2D eigenvalue weighted by Crippen LogP contribution is 2.26. The van der Waals surface area contributed by atoms with Crippen molar-refractivity contribution >= 4 is 28.9 Å². The van der Waals surface area contributed by atoms with E-state index in [9.17, 15) is 5.11 Å². The summed E-state index contributed by atoms with van der Waals surface area (Å²) in [4.78, 5) is 0. The van der Waals surface area contributed by atoms with Gasteiger partial charge >= 0.3 is 0 Å². The minimum Gasteiger partial charge on any atom is -0.508 e. The van der Waals surface area contributed by atoms with Crippen LogP contribution in [0.3, 0.4) is 0 Å². The largest absolute Gasteiger partial charge is 0.508 e. The first kappa shape index (κ1) is 13.5. The molecule has 5 heteroatoms. The number of rotatable bonds is 3. The first-order chi connectivity index (χ1) is 9.10. The molecule has 2 N–H and O–H groups in total. The number of hydrogen-bond acceptors (Lipinski definition) is 3. The van der Waals surface area contributed by atoms with E-state index in [0.717, 1.165) is 0 Å². The number of nitriles is 1. The SMILES string of the molecule is N#Cc1ccc(NCc2cc(Cl)ccc2O)c(Cl)c1. The van der Waals surface area contributed by atoms with Crippen LogP contribution in [0.15, 0.2) is 36.4 Å². The molecule has 0 aliphatic heterocycles. The Hall–Kier alpha value is -1.89. The Morgan fingerprint density at radius 1 is 1.16 bits per heavy atom. The third kappa shape index (κ3) is 3.31. The lowest BCUT2D eigenvalue weighted by Gasteiger charge is -2.10. The highest BCUT2D eigenvalue weighted by molar-refractivity contribution is 6.33. The van der Waals surface area contributed by atoms with Gasteiger partial charge in [0, 0.05) is 17.1 Å². The zero-order valence-electron chi connectivity index (χ0n) is 9.82. The number of benzene rings is 2. The van der Waals surface area contributed by atoms with Gasteiger partial charge in [-0.1, -0.05) is 23.2 Å². The van der Waals surface area contributed by atoms with E-state index in [-0.39, 0.29) is 5.75 Å². The Morgan fingerprint density at radius 2 is 1.95 bits per heavy atom. The number of nitrogens with zero attached hydrogens (tertiary/aromatic N) is 1. The van der Waals surface area contributed by atoms with Crippen molar-refractivity contribution in [2.45, 2.75) is 6.54 Å². The molecule has 0 fully saturated rings. The van der Waals surface area contributed by atoms with Crippen LogP contribution in [0.2, 0.25) is 10.0 Å². The molecule has 0 saturated heterocycles. The Labute approximate surface area is 121 Å². The van der Waals surface area contributed by atoms with E-state index in [1.165, 1.54) is 0 Å². The predicted octanol–water partition coefficient (Wildman–Crippen LogP) is 4.18. The second kappa shape index (κ2) is 5.83. The molecule has 0 atom stereocenters. The first-order valence-electron chi connectivity index (χ1n) is 5.51. The van der Waals surface area contributed by atoms with E-state index in [1.807, 2.05) is 6.07 Å². The number of phenolic OH excluding ortho intramolecular Hbond substituents is 1. The van der Waals surface area contributed by atoms with Crippen LogP contribution in [0, 0.1) is 11.3 Å². The van der Waals surface area contributed by atoms with Gasteiger partial charge in [0.05, 0.1) is 22.3 Å². The zero-order chi connectivity index (χ0) is 13.8. The number of hydrogen-bond donors (Lipinski definition) is 2. The van der Waals surface area contributed by atoms with E-state index in [2.05, 4.69) is 5.32 Å². The average Bonchev–Trinajstić information content (AvgIpc) is 2.40. The fourth-order valence-electron chi connectivity index (χ4n) is 1.61. The van der Waals surface area contributed by atoms with Crippen LogP contribution in [-0.4, -0.2) is 5.11 Å². The fraction of sp³-hybridized carbons (Fsp3) is 0.0714. The van der Waals surface area contributed by atoms with Crippen LogP contribution in [-0.2, 0) is 6.54 Å². The molecule has 0 radical (unpaired) electrons. The molecule has 2 aromatic carbocycles. The number of halogens is 2. The normalized spacial score (nSPS) is 9.95. The number of phenols is 1. The molecule has 0 amide bonds. The second-order valence-corrected chi connectivity index (χ2v) is 4.78. The summed E-state index contributed by atoms with van der Waals surface area (Å²) in [5.41, 5.74) is 1.87. The molecule has 0 aliphatic rings. The van der Waals surface area contributed by atoms with Crippen molar-refractivity contribution in [2.75, 3.05) is 5.32 Å². The van der Waals surface area contributed by atoms with Gasteiger partial charge < -0.3 is 10.4 Å². The Morgan fingerprint density at radius 3 is 2.63 bits per heavy atom. The summed E-state index contributed by atoms with van der Waals surface area (Å²) in [6.45, 7) is 0.387. The van der Waals surface area contributed by atoms with Gasteiger partial charge in [-0.25, -0.2) is 0 Å². The Balaban J connectivity index is 2.15. The van der Waals surface area contributed by atoms with Crippen molar-refractivity contribution in [3.63, 3.8) is 0 Å². The number of anilines is 1. The fourth-order valence-corrected chi connectivity index (χ4v) is 2.06. The smallest absolute Gasteiger partial charge is 0.120 e. The maximum absolute atomic E-state index is 9.69. The molecule has 0 unspecified atom stereocenters. The number of nitrogens with one attached hydrogen (secondary N) is 1. The molecule has 0 saturated carbocycles. The van der Waals surface area contributed by atoms with Gasteiger partial charge in [-0.15, -0.1) is 0 Å². The van der Waals surface area contributed by atoms with Gasteiger partial charge in [0.25, 0.3) is 0 Å². The van der Waals surface area contributed by atoms with E-state index >= 15 is 0 Å². The van der Waals surface area contributed by atoms with Crippen molar-refractivity contribution in [3.05, 3.63) is 57.6 Å². The van der Waals surface area contributed by atoms with E-state index < -0.39 is 0 Å². The van der Waals surface area contributed by atoms with Crippen LogP contribution in [0.5, 0.6) is 5.75 Å². The molecule has 2 aromatic rings. The lowest BCUT2D eigenvalue weighted by Crippen LogP contribution is -2.00. The highest BCUT2D eigenvalue weighted by Gasteiger charge is 2.05. The van der Waals surface area contributed by atoms with Gasteiger partial charge in [-0.2, -0.15) is 5.26 Å². The molecule has 19 heavy (non-hydrogen) atoms. The van der Waals surface area contributed by atoms with Crippen molar-refractivity contribution in [1.82, 2.24) is 0 Å². The van der Waals surface area contributed by atoms with Crippen molar-refractivity contribution in [2.24, 2.45) is 0 Å². The standard InChI is InChI=1S/C14H10Cl2N2O/c15-11-2-4-14(19)10(6-11)8-18-13-3-1-9(7-17)5-12(13)16/h1-6,18-19H,8H2. The molecule has 2 rings (SSSR count). The molecule has 0 aliphatic carbocycles. The topological polar surface area (TPSA) is 56.0 Å². The van der Waals surface area contributed by atoms with Gasteiger partial charge in [0.15, 0.2) is 0 Å². The summed E-state index contributed by atoms with van der Waals surface area (Å²) in [7, 11) is 0. The minimum atomic E-state index is 0.168.